The van der Waals surface area contributed by atoms with E-state index in [4.69, 9.17) is 11.6 Å². The predicted octanol–water partition coefficient (Wildman–Crippen LogP) is 4.24. The Kier molecular flexibility index (Phi) is 5.02. The minimum absolute atomic E-state index is 0.278. The monoisotopic (exact) mass is 422 g/mol. The summed E-state index contributed by atoms with van der Waals surface area (Å²) in [5, 5.41) is 3.39. The molecule has 0 fully saturated rings. The van der Waals surface area contributed by atoms with Crippen molar-refractivity contribution in [1.82, 2.24) is 5.32 Å². The number of nitrogens with one attached hydrogen (secondary N) is 2. The Morgan fingerprint density at radius 3 is 2.39 bits per heavy atom. The van der Waals surface area contributed by atoms with Crippen molar-refractivity contribution in [1.29, 1.82) is 0 Å². The lowest BCUT2D eigenvalue weighted by molar-refractivity contribution is -0.281. The van der Waals surface area contributed by atoms with Crippen molar-refractivity contribution >= 4 is 29.2 Å². The van der Waals surface area contributed by atoms with E-state index in [-0.39, 0.29) is 10.7 Å². The van der Waals surface area contributed by atoms with Gasteiger partial charge in [-0.15, -0.1) is 0 Å². The van der Waals surface area contributed by atoms with Crippen LogP contribution in [0.25, 0.3) is 0 Å². The number of hydrogen-bond donors (Lipinski definition) is 2. The van der Waals surface area contributed by atoms with Crippen LogP contribution in [0, 0.1) is 11.6 Å². The van der Waals surface area contributed by atoms with Gasteiger partial charge in [-0.3, -0.25) is 10.1 Å². The van der Waals surface area contributed by atoms with Gasteiger partial charge in [-0.2, -0.15) is 13.2 Å². The molecule has 148 valence electrons. The highest BCUT2D eigenvalue weighted by Gasteiger charge is 2.49. The van der Waals surface area contributed by atoms with Gasteiger partial charge in [0, 0.05) is 12.1 Å². The zero-order chi connectivity index (χ0) is 20.6. The lowest BCUT2D eigenvalue weighted by atomic mass is 10.2. The zero-order valence-corrected chi connectivity index (χ0v) is 14.1. The third kappa shape index (κ3) is 3.79. The molecule has 0 aliphatic carbocycles. The summed E-state index contributed by atoms with van der Waals surface area (Å²) in [6, 6.07) is 3.06. The van der Waals surface area contributed by atoms with E-state index in [1.807, 2.05) is 5.32 Å². The van der Waals surface area contributed by atoms with E-state index in [1.54, 1.807) is 5.32 Å². The van der Waals surface area contributed by atoms with Crippen molar-refractivity contribution in [2.24, 2.45) is 0 Å². The second-order valence-corrected chi connectivity index (χ2v) is 5.79. The van der Waals surface area contributed by atoms with E-state index >= 15 is 0 Å². The van der Waals surface area contributed by atoms with Crippen LogP contribution in [0.4, 0.5) is 32.4 Å². The molecular formula is C16H8ClF5N2O4. The van der Waals surface area contributed by atoms with Gasteiger partial charge in [0.2, 0.25) is 0 Å². The standard InChI is InChI=1S/C16H8ClF5N2O4/c17-6-4-10-11(28-16(21,22)14(20)27-10)5-9(6)23-15(26)24-13(25)12-7(18)2-1-3-8(12)19/h1-5,14H,(H2,23,24,25,26). The van der Waals surface area contributed by atoms with Crippen molar-refractivity contribution in [2.45, 2.75) is 12.5 Å². The van der Waals surface area contributed by atoms with Crippen LogP contribution in [0.2, 0.25) is 5.02 Å². The van der Waals surface area contributed by atoms with Gasteiger partial charge in [0.1, 0.15) is 17.2 Å². The first kappa shape index (κ1) is 19.7. The van der Waals surface area contributed by atoms with Gasteiger partial charge >= 0.3 is 18.5 Å². The van der Waals surface area contributed by atoms with Gasteiger partial charge in [-0.1, -0.05) is 17.7 Å². The minimum Gasteiger partial charge on any atom is -0.447 e. The number of amides is 3. The number of urea groups is 1. The molecule has 0 spiro atoms. The summed E-state index contributed by atoms with van der Waals surface area (Å²) in [5.74, 6) is -4.88. The van der Waals surface area contributed by atoms with Crippen LogP contribution in [-0.4, -0.2) is 24.4 Å². The van der Waals surface area contributed by atoms with E-state index in [1.165, 1.54) is 0 Å². The number of imide groups is 1. The van der Waals surface area contributed by atoms with Gasteiger partial charge in [0.15, 0.2) is 11.5 Å². The number of alkyl halides is 3. The molecular weight excluding hydrogens is 415 g/mol. The average Bonchev–Trinajstić information content (AvgIpc) is 2.57. The molecule has 2 aromatic rings. The number of hydrogen-bond acceptors (Lipinski definition) is 4. The number of carbonyl (C=O) groups excluding carboxylic acids is 2. The van der Waals surface area contributed by atoms with Crippen LogP contribution in [-0.2, 0) is 0 Å². The van der Waals surface area contributed by atoms with Gasteiger partial charge in [-0.25, -0.2) is 13.6 Å². The molecule has 6 nitrogen and oxygen atoms in total. The number of rotatable bonds is 2. The molecule has 1 heterocycles. The zero-order valence-electron chi connectivity index (χ0n) is 13.4. The van der Waals surface area contributed by atoms with Crippen molar-refractivity contribution < 1.29 is 41.0 Å². The Morgan fingerprint density at radius 2 is 1.75 bits per heavy atom. The molecule has 3 rings (SSSR count). The molecule has 1 unspecified atom stereocenters. The van der Waals surface area contributed by atoms with E-state index in [0.717, 1.165) is 30.3 Å². The smallest absolute Gasteiger partial charge is 0.447 e. The molecule has 0 aromatic heterocycles. The number of halogens is 6. The van der Waals surface area contributed by atoms with Crippen molar-refractivity contribution in [3.05, 3.63) is 52.6 Å². The fourth-order valence-corrected chi connectivity index (χ4v) is 2.41. The molecule has 2 N–H and O–H groups in total. The minimum atomic E-state index is -4.28. The van der Waals surface area contributed by atoms with E-state index < -0.39 is 53.1 Å². The number of anilines is 1. The summed E-state index contributed by atoms with van der Waals surface area (Å²) in [6.45, 7) is 0. The van der Waals surface area contributed by atoms with Crippen LogP contribution in [0.5, 0.6) is 11.5 Å². The molecule has 1 aliphatic rings. The summed E-state index contributed by atoms with van der Waals surface area (Å²) in [5.41, 5.74) is -1.32. The molecule has 3 amide bonds. The van der Waals surface area contributed by atoms with E-state index in [0.29, 0.717) is 0 Å². The molecule has 0 bridgehead atoms. The molecule has 0 saturated heterocycles. The van der Waals surface area contributed by atoms with Gasteiger partial charge in [0.25, 0.3) is 5.91 Å². The summed E-state index contributed by atoms with van der Waals surface area (Å²) in [7, 11) is 0. The lowest BCUT2D eigenvalue weighted by Crippen LogP contribution is -2.43. The van der Waals surface area contributed by atoms with Crippen LogP contribution in [0.1, 0.15) is 10.4 Å². The van der Waals surface area contributed by atoms with E-state index in [2.05, 4.69) is 9.47 Å². The number of benzene rings is 2. The average molecular weight is 423 g/mol. The number of fused-ring (bicyclic) bond motifs is 1. The van der Waals surface area contributed by atoms with Crippen molar-refractivity contribution in [2.75, 3.05) is 5.32 Å². The third-order valence-electron chi connectivity index (χ3n) is 3.44. The second kappa shape index (κ2) is 7.15. The molecule has 2 aromatic carbocycles. The third-order valence-corrected chi connectivity index (χ3v) is 3.75. The van der Waals surface area contributed by atoms with Gasteiger partial charge in [0.05, 0.1) is 10.7 Å². The summed E-state index contributed by atoms with van der Waals surface area (Å²) < 4.78 is 75.2. The topological polar surface area (TPSA) is 76.7 Å². The molecule has 0 saturated carbocycles. The maximum atomic E-state index is 13.5. The normalized spacial score (nSPS) is 17.0. The largest absolute Gasteiger partial charge is 0.468 e. The number of ether oxygens (including phenoxy) is 2. The Morgan fingerprint density at radius 1 is 1.11 bits per heavy atom. The first-order chi connectivity index (χ1) is 13.1. The predicted molar refractivity (Wildman–Crippen MR) is 85.4 cm³/mol. The van der Waals surface area contributed by atoms with Crippen LogP contribution in [0.3, 0.4) is 0 Å². The summed E-state index contributed by atoms with van der Waals surface area (Å²) in [6.07, 6.45) is -7.34. The molecule has 0 radical (unpaired) electrons. The van der Waals surface area contributed by atoms with Gasteiger partial charge in [-0.05, 0) is 12.1 Å². The lowest BCUT2D eigenvalue weighted by Gasteiger charge is -2.28. The van der Waals surface area contributed by atoms with E-state index in [9.17, 15) is 31.5 Å². The fraction of sp³-hybridized carbons (Fsp3) is 0.125. The second-order valence-electron chi connectivity index (χ2n) is 5.38. The highest BCUT2D eigenvalue weighted by atomic mass is 35.5. The highest BCUT2D eigenvalue weighted by Crippen LogP contribution is 2.44. The maximum absolute atomic E-state index is 13.5. The van der Waals surface area contributed by atoms with Crippen molar-refractivity contribution in [3.63, 3.8) is 0 Å². The SMILES string of the molecule is O=C(NC(=O)c1c(F)cccc1F)Nc1cc2c(cc1Cl)OC(F)C(F)(F)O2. The Labute approximate surface area is 158 Å². The molecule has 12 heteroatoms. The quantitative estimate of drug-likeness (QED) is 0.710. The Balaban J connectivity index is 1.77. The van der Waals surface area contributed by atoms with Crippen molar-refractivity contribution in [3.8, 4) is 11.5 Å². The van der Waals surface area contributed by atoms with Crippen LogP contribution >= 0.6 is 11.6 Å². The first-order valence-corrected chi connectivity index (χ1v) is 7.73. The van der Waals surface area contributed by atoms with Crippen LogP contribution in [0.15, 0.2) is 30.3 Å². The van der Waals surface area contributed by atoms with Gasteiger partial charge < -0.3 is 14.8 Å². The fourth-order valence-electron chi connectivity index (χ4n) is 2.21. The Bertz CT molecular complexity index is 952. The molecule has 28 heavy (non-hydrogen) atoms. The summed E-state index contributed by atoms with van der Waals surface area (Å²) in [4.78, 5) is 23.7. The maximum Gasteiger partial charge on any atom is 0.468 e. The number of carbonyl (C=O) groups is 2. The molecule has 1 atom stereocenters. The first-order valence-electron chi connectivity index (χ1n) is 7.36. The summed E-state index contributed by atoms with van der Waals surface area (Å²) >= 11 is 5.84. The molecule has 1 aliphatic heterocycles. The van der Waals surface area contributed by atoms with Crippen LogP contribution < -0.4 is 20.1 Å². The highest BCUT2D eigenvalue weighted by molar-refractivity contribution is 6.34. The Hall–Kier alpha value is -3.08.